The lowest BCUT2D eigenvalue weighted by Crippen LogP contribution is -2.28. The zero-order valence-electron chi connectivity index (χ0n) is 8.27. The van der Waals surface area contributed by atoms with E-state index in [-0.39, 0.29) is 0 Å². The third kappa shape index (κ3) is 1.27. The Labute approximate surface area is 82.0 Å². The molecule has 0 spiro atoms. The normalized spacial score (nSPS) is 23.9. The molecule has 2 aliphatic carbocycles. The molecule has 0 N–H and O–H groups in total. The predicted octanol–water partition coefficient (Wildman–Crippen LogP) is 3.08. The molecule has 0 aliphatic heterocycles. The van der Waals surface area contributed by atoms with Gasteiger partial charge in [-0.05, 0) is 0 Å². The van der Waals surface area contributed by atoms with Gasteiger partial charge in [0.2, 0.25) is 0 Å². The first-order valence-electron chi connectivity index (χ1n) is 4.98. The van der Waals surface area contributed by atoms with Crippen molar-refractivity contribution in [2.24, 2.45) is 5.92 Å². The molecule has 2 rings (SSSR count). The molecule has 0 fully saturated rings. The van der Waals surface area contributed by atoms with E-state index in [1.54, 1.807) is 0 Å². The summed E-state index contributed by atoms with van der Waals surface area (Å²) in [7, 11) is -0.688. The Morgan fingerprint density at radius 2 is 1.46 bits per heavy atom. The summed E-state index contributed by atoms with van der Waals surface area (Å²) in [5, 5.41) is 0.378. The summed E-state index contributed by atoms with van der Waals surface area (Å²) in [6.07, 6.45) is 18.2. The molecule has 0 bridgehead atoms. The maximum absolute atomic E-state index is 2.43. The number of allylic oxidation sites excluding steroid dienone is 8. The Kier molecular flexibility index (Phi) is 2.12. The zero-order valence-corrected chi connectivity index (χ0v) is 9.43. The summed E-state index contributed by atoms with van der Waals surface area (Å²) in [6, 6.07) is 0. The van der Waals surface area contributed by atoms with Gasteiger partial charge in [0.05, 0.1) is 0 Å². The van der Waals surface area contributed by atoms with E-state index in [0.717, 1.165) is 0 Å². The van der Waals surface area contributed by atoms with Crippen molar-refractivity contribution in [3.8, 4) is 0 Å². The zero-order chi connectivity index (χ0) is 9.31. The standard InChI is InChI=1S/C12H16Si/c1-13(2)12(9-5-6-10-12)11-7-3-4-8-11/h3-11,13H,1-2H3. The van der Waals surface area contributed by atoms with Crippen LogP contribution in [0.5, 0.6) is 0 Å². The van der Waals surface area contributed by atoms with Crippen molar-refractivity contribution in [3.63, 3.8) is 0 Å². The van der Waals surface area contributed by atoms with Crippen LogP contribution in [0.25, 0.3) is 0 Å². The number of hydrogen-bond donors (Lipinski definition) is 0. The maximum Gasteiger partial charge on any atom is 0.0478 e. The van der Waals surface area contributed by atoms with Gasteiger partial charge in [0.25, 0.3) is 0 Å². The summed E-state index contributed by atoms with van der Waals surface area (Å²) in [6.45, 7) is 4.86. The summed E-state index contributed by atoms with van der Waals surface area (Å²) in [5.41, 5.74) is 0. The van der Waals surface area contributed by atoms with E-state index >= 15 is 0 Å². The Morgan fingerprint density at radius 3 is 1.92 bits per heavy atom. The SMILES string of the molecule is C[SiH](C)C1(C2C=CC=C2)C=CC=C1. The van der Waals surface area contributed by atoms with Gasteiger partial charge in [-0.1, -0.05) is 61.7 Å². The van der Waals surface area contributed by atoms with Crippen molar-refractivity contribution in [2.45, 2.75) is 18.1 Å². The molecule has 68 valence electrons. The van der Waals surface area contributed by atoms with Gasteiger partial charge in [-0.3, -0.25) is 0 Å². The molecule has 0 amide bonds. The molecule has 2 aliphatic rings. The van der Waals surface area contributed by atoms with E-state index < -0.39 is 8.80 Å². The number of hydrogen-bond acceptors (Lipinski definition) is 0. The summed E-state index contributed by atoms with van der Waals surface area (Å²) < 4.78 is 0. The monoisotopic (exact) mass is 188 g/mol. The first-order valence-corrected chi connectivity index (χ1v) is 7.86. The van der Waals surface area contributed by atoms with Crippen LogP contribution in [0.15, 0.2) is 48.6 Å². The van der Waals surface area contributed by atoms with Gasteiger partial charge in [-0.2, -0.15) is 0 Å². The van der Waals surface area contributed by atoms with Gasteiger partial charge in [-0.15, -0.1) is 0 Å². The van der Waals surface area contributed by atoms with E-state index in [4.69, 9.17) is 0 Å². The minimum atomic E-state index is -0.688. The minimum absolute atomic E-state index is 0.378. The quantitative estimate of drug-likeness (QED) is 0.584. The second-order valence-electron chi connectivity index (χ2n) is 4.17. The highest BCUT2D eigenvalue weighted by Crippen LogP contribution is 2.47. The highest BCUT2D eigenvalue weighted by atomic mass is 28.3. The Hall–Kier alpha value is -0.823. The average Bonchev–Trinajstić information content (AvgIpc) is 2.75. The van der Waals surface area contributed by atoms with Crippen molar-refractivity contribution in [1.29, 1.82) is 0 Å². The van der Waals surface area contributed by atoms with E-state index in [2.05, 4.69) is 61.7 Å². The Morgan fingerprint density at radius 1 is 0.923 bits per heavy atom. The van der Waals surface area contributed by atoms with Crippen LogP contribution in [0.3, 0.4) is 0 Å². The smallest absolute Gasteiger partial charge is 0.0478 e. The predicted molar refractivity (Wildman–Crippen MR) is 61.6 cm³/mol. The van der Waals surface area contributed by atoms with Gasteiger partial charge in [0.15, 0.2) is 0 Å². The van der Waals surface area contributed by atoms with Crippen LogP contribution >= 0.6 is 0 Å². The first-order chi connectivity index (χ1) is 6.26. The van der Waals surface area contributed by atoms with Crippen LogP contribution in [0, 0.1) is 5.92 Å². The Balaban J connectivity index is 2.34. The summed E-state index contributed by atoms with van der Waals surface area (Å²) >= 11 is 0. The summed E-state index contributed by atoms with van der Waals surface area (Å²) in [4.78, 5) is 0. The fourth-order valence-electron chi connectivity index (χ4n) is 2.26. The molecule has 0 heterocycles. The molecule has 0 aromatic heterocycles. The lowest BCUT2D eigenvalue weighted by Gasteiger charge is -2.33. The van der Waals surface area contributed by atoms with Crippen molar-refractivity contribution < 1.29 is 0 Å². The van der Waals surface area contributed by atoms with Crippen molar-refractivity contribution in [2.75, 3.05) is 0 Å². The molecule has 1 heteroatoms. The van der Waals surface area contributed by atoms with Crippen LogP contribution in [-0.2, 0) is 0 Å². The van der Waals surface area contributed by atoms with Gasteiger partial charge in [0, 0.05) is 19.8 Å². The van der Waals surface area contributed by atoms with Crippen LogP contribution in [0.1, 0.15) is 0 Å². The van der Waals surface area contributed by atoms with Gasteiger partial charge >= 0.3 is 0 Å². The van der Waals surface area contributed by atoms with Crippen LogP contribution in [0.4, 0.5) is 0 Å². The van der Waals surface area contributed by atoms with E-state index in [9.17, 15) is 0 Å². The molecule has 13 heavy (non-hydrogen) atoms. The molecule has 0 saturated heterocycles. The highest BCUT2D eigenvalue weighted by molar-refractivity contribution is 6.61. The fraction of sp³-hybridized carbons (Fsp3) is 0.333. The third-order valence-corrected chi connectivity index (χ3v) is 5.98. The molecule has 0 radical (unpaired) electrons. The van der Waals surface area contributed by atoms with Crippen LogP contribution < -0.4 is 0 Å². The van der Waals surface area contributed by atoms with Crippen LogP contribution in [-0.4, -0.2) is 8.80 Å². The van der Waals surface area contributed by atoms with Gasteiger partial charge in [-0.25, -0.2) is 0 Å². The van der Waals surface area contributed by atoms with E-state index in [1.807, 2.05) is 0 Å². The lowest BCUT2D eigenvalue weighted by atomic mass is 9.94. The first kappa shape index (κ1) is 8.76. The second kappa shape index (κ2) is 3.15. The molecular formula is C12H16Si. The maximum atomic E-state index is 2.43. The van der Waals surface area contributed by atoms with Gasteiger partial charge < -0.3 is 0 Å². The molecule has 0 aromatic carbocycles. The van der Waals surface area contributed by atoms with Crippen molar-refractivity contribution in [1.82, 2.24) is 0 Å². The highest BCUT2D eigenvalue weighted by Gasteiger charge is 2.36. The van der Waals surface area contributed by atoms with Gasteiger partial charge in [0.1, 0.15) is 0 Å². The third-order valence-electron chi connectivity index (χ3n) is 3.21. The molecule has 0 nitrogen and oxygen atoms in total. The van der Waals surface area contributed by atoms with Crippen LogP contribution in [0.2, 0.25) is 18.1 Å². The minimum Gasteiger partial charge on any atom is -0.0768 e. The molecule has 0 aromatic rings. The van der Waals surface area contributed by atoms with Crippen molar-refractivity contribution >= 4 is 8.80 Å². The molecule has 0 saturated carbocycles. The van der Waals surface area contributed by atoms with Crippen molar-refractivity contribution in [3.05, 3.63) is 48.6 Å². The Bertz CT molecular complexity index is 281. The average molecular weight is 188 g/mol. The lowest BCUT2D eigenvalue weighted by molar-refractivity contribution is 0.697. The molecular weight excluding hydrogens is 172 g/mol. The fourth-order valence-corrected chi connectivity index (χ4v) is 4.24. The number of rotatable bonds is 2. The van der Waals surface area contributed by atoms with E-state index in [0.29, 0.717) is 11.0 Å². The molecule has 0 unspecified atom stereocenters. The second-order valence-corrected chi connectivity index (χ2v) is 7.48. The summed E-state index contributed by atoms with van der Waals surface area (Å²) in [5.74, 6) is 0.620. The van der Waals surface area contributed by atoms with E-state index in [1.165, 1.54) is 0 Å². The molecule has 0 atom stereocenters. The largest absolute Gasteiger partial charge is 0.0768 e. The topological polar surface area (TPSA) is 0 Å².